The van der Waals surface area contributed by atoms with E-state index in [1.54, 1.807) is 16.5 Å². The zero-order chi connectivity index (χ0) is 24.4. The Kier molecular flexibility index (Phi) is 6.95. The molecule has 0 aliphatic rings. The zero-order valence-electron chi connectivity index (χ0n) is 18.7. The van der Waals surface area contributed by atoms with Crippen molar-refractivity contribution in [3.63, 3.8) is 0 Å². The Morgan fingerprint density at radius 1 is 1.06 bits per heavy atom. The van der Waals surface area contributed by atoms with Crippen molar-refractivity contribution in [1.29, 1.82) is 0 Å². The van der Waals surface area contributed by atoms with Crippen LogP contribution in [0.1, 0.15) is 12.5 Å². The SMILES string of the molecule is CCOc1cc(/C=c2\sc3nc4ccccc4n3c2=O)cc(Cl)c1OCCOc1ccc(Br)cc1. The molecule has 0 unspecified atom stereocenters. The van der Waals surface area contributed by atoms with E-state index in [4.69, 9.17) is 25.8 Å². The minimum absolute atomic E-state index is 0.113. The van der Waals surface area contributed by atoms with Crippen molar-refractivity contribution in [1.82, 2.24) is 9.38 Å². The molecule has 178 valence electrons. The lowest BCUT2D eigenvalue weighted by molar-refractivity contribution is 0.208. The van der Waals surface area contributed by atoms with E-state index in [1.165, 1.54) is 11.3 Å². The summed E-state index contributed by atoms with van der Waals surface area (Å²) in [7, 11) is 0. The number of aromatic nitrogens is 2. The van der Waals surface area contributed by atoms with Gasteiger partial charge in [-0.3, -0.25) is 4.79 Å². The van der Waals surface area contributed by atoms with Gasteiger partial charge in [0.05, 0.1) is 27.2 Å². The van der Waals surface area contributed by atoms with Gasteiger partial charge in [0.1, 0.15) is 19.0 Å². The molecule has 0 amide bonds. The average Bonchev–Trinajstić information content (AvgIpc) is 3.35. The number of thiazole rings is 1. The third-order valence-corrected chi connectivity index (χ3v) is 6.96. The van der Waals surface area contributed by atoms with Crippen LogP contribution in [0.2, 0.25) is 5.02 Å². The molecule has 3 aromatic carbocycles. The van der Waals surface area contributed by atoms with Gasteiger partial charge in [-0.05, 0) is 67.1 Å². The molecule has 35 heavy (non-hydrogen) atoms. The quantitative estimate of drug-likeness (QED) is 0.223. The molecule has 0 fully saturated rings. The second-order valence-electron chi connectivity index (χ2n) is 7.55. The van der Waals surface area contributed by atoms with Crippen molar-refractivity contribution in [2.24, 2.45) is 0 Å². The van der Waals surface area contributed by atoms with Crippen molar-refractivity contribution in [3.05, 3.63) is 90.6 Å². The van der Waals surface area contributed by atoms with E-state index >= 15 is 0 Å². The Labute approximate surface area is 218 Å². The van der Waals surface area contributed by atoms with Crippen molar-refractivity contribution in [2.75, 3.05) is 19.8 Å². The highest BCUT2D eigenvalue weighted by molar-refractivity contribution is 9.10. The van der Waals surface area contributed by atoms with Crippen LogP contribution in [-0.2, 0) is 0 Å². The average molecular weight is 572 g/mol. The summed E-state index contributed by atoms with van der Waals surface area (Å²) in [6.07, 6.45) is 1.80. The summed E-state index contributed by atoms with van der Waals surface area (Å²) < 4.78 is 20.6. The van der Waals surface area contributed by atoms with E-state index in [-0.39, 0.29) is 5.56 Å². The third kappa shape index (κ3) is 5.00. The van der Waals surface area contributed by atoms with Crippen molar-refractivity contribution in [2.45, 2.75) is 6.92 Å². The standard InChI is InChI=1S/C26H20BrClN2O4S/c1-2-32-22-14-16(13-19(28)24(22)34-12-11-33-18-9-7-17(27)8-10-18)15-23-25(31)30-21-6-4-3-5-20(21)29-26(30)35-23/h3-10,13-15H,2,11-12H2,1H3/b23-15-. The second kappa shape index (κ2) is 10.3. The van der Waals surface area contributed by atoms with Gasteiger partial charge in [-0.1, -0.05) is 51.0 Å². The first-order chi connectivity index (χ1) is 17.0. The Balaban J connectivity index is 1.39. The lowest BCUT2D eigenvalue weighted by atomic mass is 10.2. The molecular weight excluding hydrogens is 552 g/mol. The van der Waals surface area contributed by atoms with E-state index in [2.05, 4.69) is 20.9 Å². The molecule has 9 heteroatoms. The van der Waals surface area contributed by atoms with Crippen LogP contribution in [-0.4, -0.2) is 29.2 Å². The Hall–Kier alpha value is -3.07. The molecule has 2 heterocycles. The third-order valence-electron chi connectivity index (χ3n) is 5.19. The predicted molar refractivity (Wildman–Crippen MR) is 143 cm³/mol. The highest BCUT2D eigenvalue weighted by atomic mass is 79.9. The Morgan fingerprint density at radius 2 is 1.83 bits per heavy atom. The number of hydrogen-bond acceptors (Lipinski definition) is 6. The smallest absolute Gasteiger partial charge is 0.274 e. The molecule has 0 N–H and O–H groups in total. The lowest BCUT2D eigenvalue weighted by Crippen LogP contribution is -2.22. The number of halogens is 2. The first-order valence-corrected chi connectivity index (χ1v) is 12.9. The van der Waals surface area contributed by atoms with Crippen molar-refractivity contribution in [3.8, 4) is 17.2 Å². The second-order valence-corrected chi connectivity index (χ2v) is 9.88. The van der Waals surface area contributed by atoms with Crippen LogP contribution in [0.3, 0.4) is 0 Å². The summed E-state index contributed by atoms with van der Waals surface area (Å²) in [5.74, 6) is 1.70. The molecule has 0 spiro atoms. The fourth-order valence-electron chi connectivity index (χ4n) is 3.67. The Bertz CT molecular complexity index is 1610. The number of fused-ring (bicyclic) bond motifs is 3. The molecule has 0 bridgehead atoms. The minimum Gasteiger partial charge on any atom is -0.490 e. The number of hydrogen-bond donors (Lipinski definition) is 0. The topological polar surface area (TPSA) is 62.1 Å². The molecule has 2 aromatic heterocycles. The van der Waals surface area contributed by atoms with E-state index < -0.39 is 0 Å². The van der Waals surface area contributed by atoms with Crippen LogP contribution < -0.4 is 24.3 Å². The van der Waals surface area contributed by atoms with Crippen molar-refractivity contribution >= 4 is 60.9 Å². The lowest BCUT2D eigenvalue weighted by Gasteiger charge is -2.15. The Morgan fingerprint density at radius 3 is 2.63 bits per heavy atom. The summed E-state index contributed by atoms with van der Waals surface area (Å²) in [6, 6.07) is 18.8. The maximum absolute atomic E-state index is 13.1. The number of rotatable bonds is 8. The van der Waals surface area contributed by atoms with Gasteiger partial charge >= 0.3 is 0 Å². The number of ether oxygens (including phenoxy) is 3. The maximum Gasteiger partial charge on any atom is 0.274 e. The number of para-hydroxylation sites is 2. The fraction of sp³-hybridized carbons (Fsp3) is 0.154. The van der Waals surface area contributed by atoms with Crippen LogP contribution in [0.4, 0.5) is 0 Å². The minimum atomic E-state index is -0.113. The monoisotopic (exact) mass is 570 g/mol. The van der Waals surface area contributed by atoms with E-state index in [0.717, 1.165) is 26.8 Å². The summed E-state index contributed by atoms with van der Waals surface area (Å²) >= 11 is 11.3. The van der Waals surface area contributed by atoms with Gasteiger partial charge in [-0.15, -0.1) is 0 Å². The van der Waals surface area contributed by atoms with Crippen LogP contribution >= 0.6 is 38.9 Å². The summed E-state index contributed by atoms with van der Waals surface area (Å²) in [5.41, 5.74) is 2.22. The molecule has 0 saturated heterocycles. The van der Waals surface area contributed by atoms with Gasteiger partial charge < -0.3 is 14.2 Å². The van der Waals surface area contributed by atoms with Crippen LogP contribution in [0.5, 0.6) is 17.2 Å². The fourth-order valence-corrected chi connectivity index (χ4v) is 5.20. The van der Waals surface area contributed by atoms with Gasteiger partial charge in [0.15, 0.2) is 16.5 Å². The molecular formula is C26H20BrClN2O4S. The van der Waals surface area contributed by atoms with Gasteiger partial charge in [0.25, 0.3) is 5.56 Å². The molecule has 6 nitrogen and oxygen atoms in total. The molecule has 0 saturated carbocycles. The zero-order valence-corrected chi connectivity index (χ0v) is 21.8. The van der Waals surface area contributed by atoms with Gasteiger partial charge in [0, 0.05) is 4.47 Å². The molecule has 5 rings (SSSR count). The first kappa shape index (κ1) is 23.7. The van der Waals surface area contributed by atoms with Crippen LogP contribution in [0.25, 0.3) is 22.1 Å². The number of benzene rings is 3. The normalized spacial score (nSPS) is 11.9. The number of imidazole rings is 1. The summed E-state index contributed by atoms with van der Waals surface area (Å²) in [6.45, 7) is 2.97. The highest BCUT2D eigenvalue weighted by Gasteiger charge is 2.14. The van der Waals surface area contributed by atoms with E-state index in [0.29, 0.717) is 45.8 Å². The number of nitrogens with zero attached hydrogens (tertiary/aromatic N) is 2. The predicted octanol–water partition coefficient (Wildman–Crippen LogP) is 5.73. The van der Waals surface area contributed by atoms with Gasteiger partial charge in [-0.2, -0.15) is 0 Å². The van der Waals surface area contributed by atoms with Gasteiger partial charge in [-0.25, -0.2) is 9.38 Å². The van der Waals surface area contributed by atoms with Crippen LogP contribution in [0, 0.1) is 0 Å². The molecule has 0 radical (unpaired) electrons. The largest absolute Gasteiger partial charge is 0.490 e. The van der Waals surface area contributed by atoms with Crippen LogP contribution in [0.15, 0.2) is 69.9 Å². The summed E-state index contributed by atoms with van der Waals surface area (Å²) in [5, 5.41) is 0.394. The highest BCUT2D eigenvalue weighted by Crippen LogP contribution is 2.37. The van der Waals surface area contributed by atoms with E-state index in [9.17, 15) is 4.79 Å². The van der Waals surface area contributed by atoms with Crippen molar-refractivity contribution < 1.29 is 14.2 Å². The maximum atomic E-state index is 13.1. The summed E-state index contributed by atoms with van der Waals surface area (Å²) in [4.78, 5) is 18.3. The van der Waals surface area contributed by atoms with E-state index in [1.807, 2.05) is 61.5 Å². The molecule has 5 aromatic rings. The molecule has 0 aliphatic carbocycles. The first-order valence-electron chi connectivity index (χ1n) is 10.9. The molecule has 0 aliphatic heterocycles. The van der Waals surface area contributed by atoms with Gasteiger partial charge in [0.2, 0.25) is 0 Å². The molecule has 0 atom stereocenters.